The van der Waals surface area contributed by atoms with Crippen LogP contribution >= 0.6 is 0 Å². The number of hydrogen-bond donors (Lipinski definition) is 2. The third-order valence-corrected chi connectivity index (χ3v) is 6.99. The first kappa shape index (κ1) is 22.8. The standard InChI is InChI=1S/C29H26N4O4/c1-2-37-25-14-18(12-13-24(25)34)16-30-32-17-26(35)33-23(29(32)36)15-21-20-10-6-7-11-22(20)31-27(21)28(33)19-8-4-3-5-9-19/h3-14,16,23,28,31,34H,2,15,17H2,1H3/b30-16+/t23-,28?/m0/s1. The highest BCUT2D eigenvalue weighted by atomic mass is 16.5. The largest absolute Gasteiger partial charge is 0.504 e. The summed E-state index contributed by atoms with van der Waals surface area (Å²) < 4.78 is 5.44. The maximum absolute atomic E-state index is 13.7. The fraction of sp³-hybridized carbons (Fsp3) is 0.207. The smallest absolute Gasteiger partial charge is 0.266 e. The Morgan fingerprint density at radius 3 is 2.68 bits per heavy atom. The molecular weight excluding hydrogens is 468 g/mol. The third kappa shape index (κ3) is 3.91. The summed E-state index contributed by atoms with van der Waals surface area (Å²) in [6, 6.07) is 21.6. The Hall–Kier alpha value is -4.59. The second-order valence-electron chi connectivity index (χ2n) is 9.20. The van der Waals surface area contributed by atoms with Crippen molar-refractivity contribution in [2.24, 2.45) is 5.10 Å². The molecule has 0 saturated carbocycles. The number of H-pyrrole nitrogens is 1. The van der Waals surface area contributed by atoms with Crippen LogP contribution in [0.4, 0.5) is 0 Å². The fourth-order valence-electron chi connectivity index (χ4n) is 5.35. The number of nitrogens with one attached hydrogen (secondary N) is 1. The third-order valence-electron chi connectivity index (χ3n) is 6.99. The lowest BCUT2D eigenvalue weighted by Gasteiger charge is -2.45. The summed E-state index contributed by atoms with van der Waals surface area (Å²) in [6.45, 7) is 2.08. The molecular formula is C29H26N4O4. The van der Waals surface area contributed by atoms with Gasteiger partial charge in [0.2, 0.25) is 5.91 Å². The van der Waals surface area contributed by atoms with Crippen LogP contribution in [0.15, 0.2) is 77.9 Å². The van der Waals surface area contributed by atoms with E-state index in [9.17, 15) is 14.7 Å². The van der Waals surface area contributed by atoms with Crippen LogP contribution < -0.4 is 4.74 Å². The van der Waals surface area contributed by atoms with Crippen LogP contribution in [0.25, 0.3) is 10.9 Å². The highest BCUT2D eigenvalue weighted by Gasteiger charge is 2.48. The number of fused-ring (bicyclic) bond motifs is 4. The molecule has 2 amide bonds. The molecule has 1 saturated heterocycles. The first-order chi connectivity index (χ1) is 18.0. The van der Waals surface area contributed by atoms with E-state index in [-0.39, 0.29) is 24.1 Å². The number of hydrogen-bond acceptors (Lipinski definition) is 5. The molecule has 2 aliphatic rings. The van der Waals surface area contributed by atoms with E-state index in [4.69, 9.17) is 4.74 Å². The molecule has 0 bridgehead atoms. The predicted octanol–water partition coefficient (Wildman–Crippen LogP) is 3.99. The molecule has 6 rings (SSSR count). The molecule has 2 aliphatic heterocycles. The van der Waals surface area contributed by atoms with Crippen LogP contribution in [-0.4, -0.2) is 57.2 Å². The van der Waals surface area contributed by atoms with Gasteiger partial charge < -0.3 is 19.7 Å². The maximum Gasteiger partial charge on any atom is 0.266 e. The molecule has 0 spiro atoms. The van der Waals surface area contributed by atoms with E-state index in [0.29, 0.717) is 24.3 Å². The minimum absolute atomic E-state index is 0.0301. The molecule has 37 heavy (non-hydrogen) atoms. The average molecular weight is 495 g/mol. The lowest BCUT2D eigenvalue weighted by molar-refractivity contribution is -0.158. The fourth-order valence-corrected chi connectivity index (χ4v) is 5.35. The number of benzene rings is 3. The van der Waals surface area contributed by atoms with Crippen LogP contribution in [0.1, 0.15) is 35.3 Å². The molecule has 8 heteroatoms. The van der Waals surface area contributed by atoms with E-state index >= 15 is 0 Å². The highest BCUT2D eigenvalue weighted by Crippen LogP contribution is 2.42. The number of aromatic hydroxyl groups is 1. The van der Waals surface area contributed by atoms with Crippen LogP contribution in [0, 0.1) is 0 Å². The topological polar surface area (TPSA) is 98.2 Å². The van der Waals surface area contributed by atoms with Crippen molar-refractivity contribution in [2.45, 2.75) is 25.4 Å². The van der Waals surface area contributed by atoms with E-state index in [2.05, 4.69) is 10.1 Å². The molecule has 3 aromatic carbocycles. The normalized spacial score (nSPS) is 19.4. The molecule has 1 fully saturated rings. The molecule has 3 heterocycles. The Morgan fingerprint density at radius 1 is 1.08 bits per heavy atom. The molecule has 1 unspecified atom stereocenters. The van der Waals surface area contributed by atoms with Gasteiger partial charge in [-0.1, -0.05) is 48.5 Å². The van der Waals surface area contributed by atoms with Crippen molar-refractivity contribution in [2.75, 3.05) is 13.2 Å². The maximum atomic E-state index is 13.7. The van der Waals surface area contributed by atoms with Crippen molar-refractivity contribution < 1.29 is 19.4 Å². The number of ether oxygens (including phenoxy) is 1. The Bertz CT molecular complexity index is 1530. The summed E-state index contributed by atoms with van der Waals surface area (Å²) in [6.07, 6.45) is 1.92. The first-order valence-corrected chi connectivity index (χ1v) is 12.3. The Kier molecular flexibility index (Phi) is 5.64. The van der Waals surface area contributed by atoms with E-state index < -0.39 is 12.1 Å². The van der Waals surface area contributed by atoms with Crippen LogP contribution in [0.5, 0.6) is 11.5 Å². The van der Waals surface area contributed by atoms with Gasteiger partial charge in [0.15, 0.2) is 11.5 Å². The highest BCUT2D eigenvalue weighted by molar-refractivity contribution is 5.98. The number of nitrogens with zero attached hydrogens (tertiary/aromatic N) is 3. The number of hydrazone groups is 1. The van der Waals surface area contributed by atoms with Gasteiger partial charge in [-0.25, -0.2) is 5.01 Å². The average Bonchev–Trinajstić information content (AvgIpc) is 3.29. The SMILES string of the molecule is CCOc1cc(/C=N/N2CC(=O)N3C(c4ccccc4)c4[nH]c5ccccc5c4C[C@H]3C2=O)ccc1O. The van der Waals surface area contributed by atoms with Crippen LogP contribution in [0.2, 0.25) is 0 Å². The molecule has 2 N–H and O–H groups in total. The van der Waals surface area contributed by atoms with Gasteiger partial charge in [-0.05, 0) is 47.9 Å². The number of aromatic amines is 1. The summed E-state index contributed by atoms with van der Waals surface area (Å²) >= 11 is 0. The second-order valence-corrected chi connectivity index (χ2v) is 9.20. The van der Waals surface area contributed by atoms with Gasteiger partial charge in [0.25, 0.3) is 5.91 Å². The van der Waals surface area contributed by atoms with Gasteiger partial charge in [-0.2, -0.15) is 5.10 Å². The zero-order chi connectivity index (χ0) is 25.5. The van der Waals surface area contributed by atoms with Crippen molar-refractivity contribution in [1.29, 1.82) is 0 Å². The number of phenols is 1. The molecule has 8 nitrogen and oxygen atoms in total. The second kappa shape index (κ2) is 9.13. The number of carbonyl (C=O) groups excluding carboxylic acids is 2. The molecule has 0 aliphatic carbocycles. The molecule has 186 valence electrons. The Labute approximate surface area is 213 Å². The number of phenolic OH excluding ortho intramolecular Hbond substituents is 1. The lowest BCUT2D eigenvalue weighted by atomic mass is 9.86. The summed E-state index contributed by atoms with van der Waals surface area (Å²) in [7, 11) is 0. The van der Waals surface area contributed by atoms with Crippen molar-refractivity contribution in [3.63, 3.8) is 0 Å². The lowest BCUT2D eigenvalue weighted by Crippen LogP contribution is -2.61. The number of amides is 2. The molecule has 1 aromatic heterocycles. The van der Waals surface area contributed by atoms with Gasteiger partial charge in [0.05, 0.1) is 18.9 Å². The first-order valence-electron chi connectivity index (χ1n) is 12.3. The number of piperazine rings is 1. The zero-order valence-corrected chi connectivity index (χ0v) is 20.3. The van der Waals surface area contributed by atoms with Gasteiger partial charge in [-0.15, -0.1) is 0 Å². The minimum Gasteiger partial charge on any atom is -0.504 e. The van der Waals surface area contributed by atoms with Gasteiger partial charge in [0.1, 0.15) is 12.6 Å². The van der Waals surface area contributed by atoms with E-state index in [1.807, 2.05) is 61.5 Å². The minimum atomic E-state index is -0.672. The predicted molar refractivity (Wildman–Crippen MR) is 140 cm³/mol. The number of rotatable bonds is 5. The Morgan fingerprint density at radius 2 is 1.86 bits per heavy atom. The van der Waals surface area contributed by atoms with Crippen molar-refractivity contribution in [1.82, 2.24) is 14.9 Å². The quantitative estimate of drug-likeness (QED) is 0.410. The molecule has 0 radical (unpaired) electrons. The zero-order valence-electron chi connectivity index (χ0n) is 20.3. The van der Waals surface area contributed by atoms with Crippen molar-refractivity contribution >= 4 is 28.9 Å². The van der Waals surface area contributed by atoms with Gasteiger partial charge in [-0.3, -0.25) is 9.59 Å². The monoisotopic (exact) mass is 494 g/mol. The van der Waals surface area contributed by atoms with Crippen LogP contribution in [0.3, 0.4) is 0 Å². The van der Waals surface area contributed by atoms with Gasteiger partial charge in [0, 0.05) is 23.0 Å². The van der Waals surface area contributed by atoms with Crippen LogP contribution in [-0.2, 0) is 16.0 Å². The van der Waals surface area contributed by atoms with Gasteiger partial charge >= 0.3 is 0 Å². The van der Waals surface area contributed by atoms with E-state index in [0.717, 1.165) is 27.7 Å². The van der Waals surface area contributed by atoms with Crippen molar-refractivity contribution in [3.05, 3.63) is 95.2 Å². The number of aromatic nitrogens is 1. The Balaban J connectivity index is 1.37. The van der Waals surface area contributed by atoms with E-state index in [1.54, 1.807) is 17.0 Å². The summed E-state index contributed by atoms with van der Waals surface area (Å²) in [5.74, 6) is -0.0248. The summed E-state index contributed by atoms with van der Waals surface area (Å²) in [5, 5.41) is 16.6. The number of para-hydroxylation sites is 1. The summed E-state index contributed by atoms with van der Waals surface area (Å²) in [4.78, 5) is 32.6. The van der Waals surface area contributed by atoms with E-state index in [1.165, 1.54) is 17.3 Å². The number of carbonyl (C=O) groups is 2. The molecule has 4 aromatic rings. The molecule has 2 atom stereocenters. The summed E-state index contributed by atoms with van der Waals surface area (Å²) in [5.41, 5.74) is 4.59. The van der Waals surface area contributed by atoms with Crippen molar-refractivity contribution in [3.8, 4) is 11.5 Å².